The average molecular weight is 227 g/mol. The third-order valence-electron chi connectivity index (χ3n) is 2.19. The Hall–Kier alpha value is -0.830. The van der Waals surface area contributed by atoms with E-state index in [1.807, 2.05) is 26.8 Å². The summed E-state index contributed by atoms with van der Waals surface area (Å²) in [6.07, 6.45) is 2.89. The molecular weight excluding hydrogens is 202 g/mol. The number of hydrogen-bond acceptors (Lipinski definition) is 3. The lowest BCUT2D eigenvalue weighted by atomic mass is 9.90. The summed E-state index contributed by atoms with van der Waals surface area (Å²) in [5, 5.41) is 3.08. The quantitative estimate of drug-likeness (QED) is 0.430. The minimum atomic E-state index is -0.404. The van der Waals surface area contributed by atoms with Crippen LogP contribution in [-0.4, -0.2) is 24.7 Å². The molecule has 3 nitrogen and oxygen atoms in total. The van der Waals surface area contributed by atoms with Crippen molar-refractivity contribution in [2.75, 3.05) is 13.1 Å². The van der Waals surface area contributed by atoms with Gasteiger partial charge in [-0.15, -0.1) is 6.58 Å². The Morgan fingerprint density at radius 3 is 2.31 bits per heavy atom. The second-order valence-corrected chi connectivity index (χ2v) is 5.71. The molecule has 0 spiro atoms. The molecule has 0 radical (unpaired) electrons. The highest BCUT2D eigenvalue weighted by Crippen LogP contribution is 2.19. The summed E-state index contributed by atoms with van der Waals surface area (Å²) in [6.45, 7) is 14.7. The predicted octanol–water partition coefficient (Wildman–Crippen LogP) is 2.52. The zero-order chi connectivity index (χ0) is 12.8. The predicted molar refractivity (Wildman–Crippen MR) is 67.3 cm³/mol. The van der Waals surface area contributed by atoms with Crippen LogP contribution in [-0.2, 0) is 9.53 Å². The van der Waals surface area contributed by atoms with E-state index >= 15 is 0 Å². The fourth-order valence-electron chi connectivity index (χ4n) is 1.08. The molecule has 0 aromatic carbocycles. The SMILES string of the molecule is C=CC(C)(C)CCNCC(=O)OC(C)(C)C. The van der Waals surface area contributed by atoms with Crippen LogP contribution in [0.4, 0.5) is 0 Å². The number of carbonyl (C=O) groups excluding carboxylic acids is 1. The summed E-state index contributed by atoms with van der Waals surface area (Å²) < 4.78 is 5.17. The molecule has 1 N–H and O–H groups in total. The van der Waals surface area contributed by atoms with Crippen LogP contribution >= 0.6 is 0 Å². The molecule has 0 fully saturated rings. The second kappa shape index (κ2) is 6.04. The Kier molecular flexibility index (Phi) is 5.73. The lowest BCUT2D eigenvalue weighted by molar-refractivity contribution is -0.153. The monoisotopic (exact) mass is 227 g/mol. The van der Waals surface area contributed by atoms with Crippen LogP contribution < -0.4 is 5.32 Å². The number of hydrogen-bond donors (Lipinski definition) is 1. The van der Waals surface area contributed by atoms with Gasteiger partial charge in [0.25, 0.3) is 0 Å². The van der Waals surface area contributed by atoms with Gasteiger partial charge in [0.2, 0.25) is 0 Å². The molecule has 0 saturated carbocycles. The Morgan fingerprint density at radius 1 is 1.31 bits per heavy atom. The summed E-state index contributed by atoms with van der Waals surface area (Å²) in [6, 6.07) is 0. The van der Waals surface area contributed by atoms with E-state index in [0.29, 0.717) is 0 Å². The first-order valence-corrected chi connectivity index (χ1v) is 5.72. The molecule has 0 bridgehead atoms. The Morgan fingerprint density at radius 2 is 1.88 bits per heavy atom. The molecule has 16 heavy (non-hydrogen) atoms. The second-order valence-electron chi connectivity index (χ2n) is 5.71. The highest BCUT2D eigenvalue weighted by Gasteiger charge is 2.16. The first-order valence-electron chi connectivity index (χ1n) is 5.72. The van der Waals surface area contributed by atoms with Crippen LogP contribution in [0.5, 0.6) is 0 Å². The van der Waals surface area contributed by atoms with Crippen LogP contribution in [0.15, 0.2) is 12.7 Å². The molecular formula is C13H25NO2. The zero-order valence-electron chi connectivity index (χ0n) is 11.2. The number of esters is 1. The van der Waals surface area contributed by atoms with E-state index in [4.69, 9.17) is 4.74 Å². The van der Waals surface area contributed by atoms with Crippen LogP contribution in [0.3, 0.4) is 0 Å². The largest absolute Gasteiger partial charge is 0.459 e. The molecule has 0 aromatic heterocycles. The minimum Gasteiger partial charge on any atom is -0.459 e. The van der Waals surface area contributed by atoms with Gasteiger partial charge in [-0.1, -0.05) is 19.9 Å². The molecule has 0 aliphatic rings. The minimum absolute atomic E-state index is 0.112. The fraction of sp³-hybridized carbons (Fsp3) is 0.769. The van der Waals surface area contributed by atoms with Gasteiger partial charge in [0.1, 0.15) is 5.60 Å². The van der Waals surface area contributed by atoms with Gasteiger partial charge in [-0.05, 0) is 39.2 Å². The number of ether oxygens (including phenoxy) is 1. The van der Waals surface area contributed by atoms with E-state index in [1.54, 1.807) is 0 Å². The third-order valence-corrected chi connectivity index (χ3v) is 2.19. The molecule has 0 aliphatic carbocycles. The van der Waals surface area contributed by atoms with Gasteiger partial charge in [-0.2, -0.15) is 0 Å². The number of allylic oxidation sites excluding steroid dienone is 1. The van der Waals surface area contributed by atoms with Crippen molar-refractivity contribution in [3.8, 4) is 0 Å². The molecule has 0 heterocycles. The van der Waals surface area contributed by atoms with Crippen molar-refractivity contribution in [2.24, 2.45) is 5.41 Å². The van der Waals surface area contributed by atoms with Gasteiger partial charge >= 0.3 is 5.97 Å². The Balaban J connectivity index is 3.68. The van der Waals surface area contributed by atoms with Crippen molar-refractivity contribution >= 4 is 5.97 Å². The van der Waals surface area contributed by atoms with Crippen molar-refractivity contribution in [1.82, 2.24) is 5.32 Å². The Bertz CT molecular complexity index is 239. The van der Waals surface area contributed by atoms with Crippen molar-refractivity contribution in [1.29, 1.82) is 0 Å². The first kappa shape index (κ1) is 15.2. The molecule has 94 valence electrons. The zero-order valence-corrected chi connectivity index (χ0v) is 11.2. The van der Waals surface area contributed by atoms with Gasteiger partial charge in [-0.25, -0.2) is 0 Å². The highest BCUT2D eigenvalue weighted by molar-refractivity contribution is 5.72. The lowest BCUT2D eigenvalue weighted by Crippen LogP contribution is -2.32. The molecule has 0 unspecified atom stereocenters. The van der Waals surface area contributed by atoms with Crippen LogP contribution in [0.25, 0.3) is 0 Å². The molecule has 0 amide bonds. The lowest BCUT2D eigenvalue weighted by Gasteiger charge is -2.21. The molecule has 3 heteroatoms. The maximum atomic E-state index is 11.3. The van der Waals surface area contributed by atoms with Gasteiger partial charge in [-0.3, -0.25) is 4.79 Å². The van der Waals surface area contributed by atoms with E-state index < -0.39 is 5.60 Å². The van der Waals surface area contributed by atoms with E-state index in [0.717, 1.165) is 13.0 Å². The van der Waals surface area contributed by atoms with Crippen molar-refractivity contribution in [3.05, 3.63) is 12.7 Å². The summed E-state index contributed by atoms with van der Waals surface area (Å²) in [5.41, 5.74) is -0.292. The van der Waals surface area contributed by atoms with Crippen LogP contribution in [0.2, 0.25) is 0 Å². The molecule has 0 aromatic rings. The van der Waals surface area contributed by atoms with E-state index in [9.17, 15) is 4.79 Å². The van der Waals surface area contributed by atoms with Crippen LogP contribution in [0.1, 0.15) is 41.0 Å². The van der Waals surface area contributed by atoms with Crippen molar-refractivity contribution in [3.63, 3.8) is 0 Å². The Labute approximate surface area is 99.3 Å². The number of carbonyl (C=O) groups is 1. The van der Waals surface area contributed by atoms with Gasteiger partial charge < -0.3 is 10.1 Å². The molecule has 0 rings (SSSR count). The highest BCUT2D eigenvalue weighted by atomic mass is 16.6. The maximum Gasteiger partial charge on any atom is 0.320 e. The smallest absolute Gasteiger partial charge is 0.320 e. The topological polar surface area (TPSA) is 38.3 Å². The van der Waals surface area contributed by atoms with Gasteiger partial charge in [0.15, 0.2) is 0 Å². The molecule has 0 atom stereocenters. The maximum absolute atomic E-state index is 11.3. The standard InChI is InChI=1S/C13H25NO2/c1-7-13(5,6)8-9-14-10-11(15)16-12(2,3)4/h7,14H,1,8-10H2,2-6H3. The van der Waals surface area contributed by atoms with E-state index in [-0.39, 0.29) is 17.9 Å². The summed E-state index contributed by atoms with van der Waals surface area (Å²) in [5.74, 6) is -0.205. The number of rotatable bonds is 6. The summed E-state index contributed by atoms with van der Waals surface area (Å²) >= 11 is 0. The van der Waals surface area contributed by atoms with Crippen molar-refractivity contribution < 1.29 is 9.53 Å². The molecule has 0 aliphatic heterocycles. The van der Waals surface area contributed by atoms with Gasteiger partial charge in [0.05, 0.1) is 6.54 Å². The summed E-state index contributed by atoms with van der Waals surface area (Å²) in [4.78, 5) is 11.3. The van der Waals surface area contributed by atoms with Crippen LogP contribution in [0, 0.1) is 5.41 Å². The first-order chi connectivity index (χ1) is 7.16. The number of nitrogens with one attached hydrogen (secondary N) is 1. The van der Waals surface area contributed by atoms with Crippen molar-refractivity contribution in [2.45, 2.75) is 46.6 Å². The molecule has 0 saturated heterocycles. The fourth-order valence-corrected chi connectivity index (χ4v) is 1.08. The average Bonchev–Trinajstić information content (AvgIpc) is 2.10. The van der Waals surface area contributed by atoms with Gasteiger partial charge in [0, 0.05) is 0 Å². The third kappa shape index (κ3) is 8.48. The normalized spacial score (nSPS) is 12.3. The van der Waals surface area contributed by atoms with E-state index in [2.05, 4.69) is 25.7 Å². The summed E-state index contributed by atoms with van der Waals surface area (Å²) in [7, 11) is 0. The van der Waals surface area contributed by atoms with E-state index in [1.165, 1.54) is 0 Å².